The van der Waals surface area contributed by atoms with Gasteiger partial charge in [-0.25, -0.2) is 4.79 Å². The van der Waals surface area contributed by atoms with Crippen molar-refractivity contribution in [2.75, 3.05) is 13.1 Å². The zero-order valence-electron chi connectivity index (χ0n) is 10.8. The molecular weight excluding hydrogens is 260 g/mol. The molecule has 1 aliphatic heterocycles. The smallest absolute Gasteiger partial charge is 0.331 e. The molecule has 0 aliphatic carbocycles. The third-order valence-corrected chi connectivity index (χ3v) is 3.33. The zero-order valence-corrected chi connectivity index (χ0v) is 10.8. The fourth-order valence-electron chi connectivity index (χ4n) is 2.44. The van der Waals surface area contributed by atoms with Gasteiger partial charge in [0.15, 0.2) is 6.04 Å². The first kappa shape index (κ1) is 13.9. The highest BCUT2D eigenvalue weighted by molar-refractivity contribution is 5.85. The number of nitrogens with zero attached hydrogens (tertiary/aromatic N) is 4. The molecule has 0 saturated heterocycles. The summed E-state index contributed by atoms with van der Waals surface area (Å²) in [4.78, 5) is 27.5. The van der Waals surface area contributed by atoms with E-state index in [4.69, 9.17) is 5.53 Å². The molecule has 0 spiro atoms. The van der Waals surface area contributed by atoms with Gasteiger partial charge in [-0.2, -0.15) is 0 Å². The number of carboxylic acid groups (broad SMARTS) is 1. The van der Waals surface area contributed by atoms with Crippen LogP contribution in [0, 0.1) is 0 Å². The van der Waals surface area contributed by atoms with Crippen molar-refractivity contribution in [3.8, 4) is 0 Å². The number of hydrogen-bond acceptors (Lipinski definition) is 3. The Kier molecular flexibility index (Phi) is 4.22. The molecule has 7 nitrogen and oxygen atoms in total. The average Bonchev–Trinajstić information content (AvgIpc) is 2.45. The molecule has 1 aromatic carbocycles. The molecule has 1 atom stereocenters. The number of amides is 1. The Morgan fingerprint density at radius 2 is 2.20 bits per heavy atom. The van der Waals surface area contributed by atoms with E-state index in [1.165, 1.54) is 4.90 Å². The van der Waals surface area contributed by atoms with Gasteiger partial charge in [0.25, 0.3) is 0 Å². The van der Waals surface area contributed by atoms with Crippen molar-refractivity contribution in [2.24, 2.45) is 5.11 Å². The van der Waals surface area contributed by atoms with Gasteiger partial charge in [0, 0.05) is 24.4 Å². The van der Waals surface area contributed by atoms with E-state index in [2.05, 4.69) is 10.0 Å². The molecule has 7 heteroatoms. The highest BCUT2D eigenvalue weighted by Gasteiger charge is 2.35. The third kappa shape index (κ3) is 2.73. The van der Waals surface area contributed by atoms with Gasteiger partial charge in [-0.3, -0.25) is 4.79 Å². The van der Waals surface area contributed by atoms with Crippen LogP contribution in [0.3, 0.4) is 0 Å². The molecule has 1 aromatic rings. The van der Waals surface area contributed by atoms with Gasteiger partial charge < -0.3 is 10.0 Å². The lowest BCUT2D eigenvalue weighted by molar-refractivity contribution is -0.151. The minimum absolute atomic E-state index is 0.0238. The van der Waals surface area contributed by atoms with Gasteiger partial charge in [0.05, 0.1) is 0 Å². The topological polar surface area (TPSA) is 106 Å². The van der Waals surface area contributed by atoms with E-state index in [9.17, 15) is 14.7 Å². The van der Waals surface area contributed by atoms with Crippen LogP contribution in [0.5, 0.6) is 0 Å². The number of carbonyl (C=O) groups excluding carboxylic acids is 1. The summed E-state index contributed by atoms with van der Waals surface area (Å²) in [6.07, 6.45) is 0.656. The molecule has 1 unspecified atom stereocenters. The summed E-state index contributed by atoms with van der Waals surface area (Å²) in [5, 5.41) is 12.7. The van der Waals surface area contributed by atoms with Crippen LogP contribution in [0.4, 0.5) is 0 Å². The Labute approximate surface area is 115 Å². The molecule has 0 aromatic heterocycles. The molecule has 20 heavy (non-hydrogen) atoms. The van der Waals surface area contributed by atoms with Crippen molar-refractivity contribution < 1.29 is 14.7 Å². The number of hydrogen-bond donors (Lipinski definition) is 1. The Morgan fingerprint density at radius 3 is 2.90 bits per heavy atom. The predicted molar refractivity (Wildman–Crippen MR) is 70.9 cm³/mol. The standard InChI is InChI=1S/C13H14N4O3/c14-16-15-7-5-11(18)17-8-6-9-3-1-2-4-10(9)12(17)13(19)20/h1-4,12H,5-8H2,(H,19,20). The summed E-state index contributed by atoms with van der Waals surface area (Å²) in [6, 6.07) is 6.28. The Hall–Kier alpha value is -2.53. The van der Waals surface area contributed by atoms with Crippen LogP contribution in [0.1, 0.15) is 23.6 Å². The molecule has 0 saturated carbocycles. The largest absolute Gasteiger partial charge is 0.479 e. The number of rotatable bonds is 4. The Bertz CT molecular complexity index is 581. The fraction of sp³-hybridized carbons (Fsp3) is 0.385. The lowest BCUT2D eigenvalue weighted by Crippen LogP contribution is -2.43. The number of carboxylic acids is 1. The second-order valence-corrected chi connectivity index (χ2v) is 4.48. The first-order chi connectivity index (χ1) is 9.65. The van der Waals surface area contributed by atoms with Crippen LogP contribution in [0.25, 0.3) is 10.4 Å². The number of fused-ring (bicyclic) bond motifs is 1. The van der Waals surface area contributed by atoms with E-state index in [1.807, 2.05) is 12.1 Å². The second kappa shape index (κ2) is 6.08. The van der Waals surface area contributed by atoms with Gasteiger partial charge in [-0.1, -0.05) is 29.4 Å². The fourth-order valence-corrected chi connectivity index (χ4v) is 2.44. The number of azide groups is 1. The molecule has 104 valence electrons. The van der Waals surface area contributed by atoms with Gasteiger partial charge in [-0.15, -0.1) is 0 Å². The second-order valence-electron chi connectivity index (χ2n) is 4.48. The van der Waals surface area contributed by atoms with Crippen LogP contribution in [-0.2, 0) is 16.0 Å². The maximum absolute atomic E-state index is 12.1. The lowest BCUT2D eigenvalue weighted by atomic mass is 9.92. The monoisotopic (exact) mass is 274 g/mol. The molecule has 1 heterocycles. The van der Waals surface area contributed by atoms with Crippen molar-refractivity contribution in [2.45, 2.75) is 18.9 Å². The summed E-state index contributed by atoms with van der Waals surface area (Å²) >= 11 is 0. The molecule has 1 N–H and O–H groups in total. The zero-order chi connectivity index (χ0) is 14.5. The van der Waals surface area contributed by atoms with E-state index in [0.717, 1.165) is 5.56 Å². The SMILES string of the molecule is [N-]=[N+]=NCCC(=O)N1CCc2ccccc2C1C(=O)O. The number of carbonyl (C=O) groups is 2. The Balaban J connectivity index is 2.24. The van der Waals surface area contributed by atoms with E-state index < -0.39 is 12.0 Å². The van der Waals surface area contributed by atoms with Gasteiger partial charge >= 0.3 is 5.97 Å². The minimum Gasteiger partial charge on any atom is -0.479 e. The molecule has 0 radical (unpaired) electrons. The normalized spacial score (nSPS) is 17.0. The summed E-state index contributed by atoms with van der Waals surface area (Å²) in [5.74, 6) is -1.35. The molecule has 1 amide bonds. The Morgan fingerprint density at radius 1 is 1.45 bits per heavy atom. The minimum atomic E-state index is -1.05. The summed E-state index contributed by atoms with van der Waals surface area (Å²) in [7, 11) is 0. The quantitative estimate of drug-likeness (QED) is 0.514. The maximum Gasteiger partial charge on any atom is 0.331 e. The summed E-state index contributed by atoms with van der Waals surface area (Å²) in [6.45, 7) is 0.406. The number of aliphatic carboxylic acids is 1. The van der Waals surface area contributed by atoms with E-state index in [0.29, 0.717) is 18.5 Å². The van der Waals surface area contributed by atoms with Gasteiger partial charge in [0.1, 0.15) is 0 Å². The van der Waals surface area contributed by atoms with Crippen molar-refractivity contribution in [3.05, 3.63) is 45.8 Å². The number of benzene rings is 1. The van der Waals surface area contributed by atoms with Crippen LogP contribution in [-0.4, -0.2) is 35.0 Å². The van der Waals surface area contributed by atoms with Crippen molar-refractivity contribution in [1.29, 1.82) is 0 Å². The molecule has 2 rings (SSSR count). The molecule has 1 aliphatic rings. The van der Waals surface area contributed by atoms with Crippen LogP contribution < -0.4 is 0 Å². The van der Waals surface area contributed by atoms with Crippen molar-refractivity contribution in [3.63, 3.8) is 0 Å². The van der Waals surface area contributed by atoms with Crippen LogP contribution in [0.2, 0.25) is 0 Å². The van der Waals surface area contributed by atoms with Gasteiger partial charge in [0.2, 0.25) is 5.91 Å². The van der Waals surface area contributed by atoms with Crippen LogP contribution in [0.15, 0.2) is 29.4 Å². The maximum atomic E-state index is 12.1. The van der Waals surface area contributed by atoms with E-state index in [1.54, 1.807) is 12.1 Å². The molecule has 0 bridgehead atoms. The first-order valence-corrected chi connectivity index (χ1v) is 6.26. The molecule has 0 fully saturated rings. The van der Waals surface area contributed by atoms with Crippen molar-refractivity contribution in [1.82, 2.24) is 4.90 Å². The average molecular weight is 274 g/mol. The highest BCUT2D eigenvalue weighted by Crippen LogP contribution is 2.30. The van der Waals surface area contributed by atoms with E-state index in [-0.39, 0.29) is 18.9 Å². The lowest BCUT2D eigenvalue weighted by Gasteiger charge is -2.34. The predicted octanol–water partition coefficient (Wildman–Crippen LogP) is 1.90. The van der Waals surface area contributed by atoms with Gasteiger partial charge in [-0.05, 0) is 23.1 Å². The summed E-state index contributed by atoms with van der Waals surface area (Å²) in [5.41, 5.74) is 9.81. The molecular formula is C13H14N4O3. The van der Waals surface area contributed by atoms with Crippen molar-refractivity contribution >= 4 is 11.9 Å². The van der Waals surface area contributed by atoms with Crippen LogP contribution >= 0.6 is 0 Å². The van der Waals surface area contributed by atoms with E-state index >= 15 is 0 Å². The summed E-state index contributed by atoms with van der Waals surface area (Å²) < 4.78 is 0. The highest BCUT2D eigenvalue weighted by atomic mass is 16.4. The third-order valence-electron chi connectivity index (χ3n) is 3.33. The first-order valence-electron chi connectivity index (χ1n) is 6.26.